The maximum absolute atomic E-state index is 11.2. The van der Waals surface area contributed by atoms with Gasteiger partial charge in [-0.15, -0.1) is 0 Å². The molecule has 0 aromatic heterocycles. The lowest BCUT2D eigenvalue weighted by atomic mass is 9.86. The van der Waals surface area contributed by atoms with Crippen LogP contribution < -0.4 is 0 Å². The van der Waals surface area contributed by atoms with Crippen LogP contribution in [-0.4, -0.2) is 47.6 Å². The lowest BCUT2D eigenvalue weighted by Crippen LogP contribution is -2.24. The van der Waals surface area contributed by atoms with Gasteiger partial charge in [0.05, 0.1) is 24.4 Å². The topological polar surface area (TPSA) is 88.7 Å². The van der Waals surface area contributed by atoms with E-state index in [9.17, 15) is 9.59 Å². The zero-order valence-corrected chi connectivity index (χ0v) is 16.2. The Bertz CT molecular complexity index is 624. The standard InChI is InChI=1S/C11H16O3.C10H14O3/c1-7(11(12)13)2-3-8-4-5-9-10(6-8)14-9;1-6(2)10(11)12-7-3-4-8-9(5-7)13-8/h2,8-10H,3-6H2,1H3,(H,12,13);7-9H,1,3-5H2,2H3. The second kappa shape index (κ2) is 8.57. The number of allylic oxidation sites excluding steroid dienone is 1. The Morgan fingerprint density at radius 2 is 1.67 bits per heavy atom. The number of aliphatic carboxylic acids is 1. The number of carbonyl (C=O) groups excluding carboxylic acids is 1. The third-order valence-electron chi connectivity index (χ3n) is 5.79. The van der Waals surface area contributed by atoms with E-state index in [1.54, 1.807) is 13.8 Å². The minimum Gasteiger partial charge on any atom is -0.478 e. The van der Waals surface area contributed by atoms with Gasteiger partial charge in [0.2, 0.25) is 0 Å². The molecule has 1 N–H and O–H groups in total. The predicted octanol–water partition coefficient (Wildman–Crippen LogP) is 3.40. The fraction of sp³-hybridized carbons (Fsp3) is 0.714. The number of ether oxygens (including phenoxy) is 3. The van der Waals surface area contributed by atoms with Gasteiger partial charge in [-0.1, -0.05) is 12.7 Å². The fourth-order valence-corrected chi connectivity index (χ4v) is 3.86. The second-order valence-electron chi connectivity index (χ2n) is 8.15. The highest BCUT2D eigenvalue weighted by Gasteiger charge is 2.45. The van der Waals surface area contributed by atoms with Crippen LogP contribution in [0.5, 0.6) is 0 Å². The molecular formula is C21H30O6. The van der Waals surface area contributed by atoms with E-state index in [4.69, 9.17) is 19.3 Å². The molecular weight excluding hydrogens is 348 g/mol. The number of rotatable bonds is 5. The van der Waals surface area contributed by atoms with Gasteiger partial charge in [0.25, 0.3) is 0 Å². The number of esters is 1. The summed E-state index contributed by atoms with van der Waals surface area (Å²) in [7, 11) is 0. The second-order valence-corrected chi connectivity index (χ2v) is 8.15. The lowest BCUT2D eigenvalue weighted by Gasteiger charge is -2.19. The Balaban J connectivity index is 0.000000156. The smallest absolute Gasteiger partial charge is 0.333 e. The van der Waals surface area contributed by atoms with Crippen molar-refractivity contribution >= 4 is 11.9 Å². The molecule has 0 aromatic rings. The SMILES string of the molecule is C=C(C)C(=O)OC1CCC2OC2C1.CC(=CCC1CCC2OC2C1)C(=O)O. The van der Waals surface area contributed by atoms with Crippen LogP contribution in [0.4, 0.5) is 0 Å². The van der Waals surface area contributed by atoms with Gasteiger partial charge in [0.1, 0.15) is 6.10 Å². The molecule has 4 rings (SSSR count). The third-order valence-corrected chi connectivity index (χ3v) is 5.79. The molecule has 4 fully saturated rings. The highest BCUT2D eigenvalue weighted by atomic mass is 16.6. The zero-order chi connectivity index (χ0) is 19.6. The molecule has 27 heavy (non-hydrogen) atoms. The summed E-state index contributed by atoms with van der Waals surface area (Å²) in [4.78, 5) is 21.7. The van der Waals surface area contributed by atoms with E-state index in [1.807, 2.05) is 6.08 Å². The maximum atomic E-state index is 11.2. The van der Waals surface area contributed by atoms with E-state index in [2.05, 4.69) is 6.58 Å². The molecule has 2 aliphatic heterocycles. The van der Waals surface area contributed by atoms with Crippen molar-refractivity contribution in [3.05, 3.63) is 23.8 Å². The molecule has 2 saturated heterocycles. The summed E-state index contributed by atoms with van der Waals surface area (Å²) in [5.74, 6) is -0.446. The molecule has 0 radical (unpaired) electrons. The van der Waals surface area contributed by atoms with E-state index in [1.165, 1.54) is 6.42 Å². The van der Waals surface area contributed by atoms with Gasteiger partial charge in [-0.05, 0) is 58.3 Å². The summed E-state index contributed by atoms with van der Waals surface area (Å²) in [6, 6.07) is 0. The van der Waals surface area contributed by atoms with Crippen LogP contribution in [0.3, 0.4) is 0 Å². The van der Waals surface area contributed by atoms with E-state index in [0.717, 1.165) is 38.5 Å². The molecule has 0 amide bonds. The van der Waals surface area contributed by atoms with Gasteiger partial charge in [0, 0.05) is 17.6 Å². The molecule has 2 saturated carbocycles. The van der Waals surface area contributed by atoms with Crippen molar-refractivity contribution in [2.24, 2.45) is 5.92 Å². The monoisotopic (exact) mass is 378 g/mol. The van der Waals surface area contributed by atoms with Crippen molar-refractivity contribution in [3.8, 4) is 0 Å². The molecule has 4 aliphatic rings. The van der Waals surface area contributed by atoms with Crippen LogP contribution in [0.25, 0.3) is 0 Å². The average molecular weight is 378 g/mol. The maximum Gasteiger partial charge on any atom is 0.333 e. The first-order valence-electron chi connectivity index (χ1n) is 9.91. The Morgan fingerprint density at radius 1 is 1.04 bits per heavy atom. The summed E-state index contributed by atoms with van der Waals surface area (Å²) >= 11 is 0. The quantitative estimate of drug-likeness (QED) is 0.448. The first kappa shape index (κ1) is 20.1. The highest BCUT2D eigenvalue weighted by molar-refractivity contribution is 5.87. The Labute approximate surface area is 160 Å². The van der Waals surface area contributed by atoms with Crippen LogP contribution in [0.15, 0.2) is 23.8 Å². The summed E-state index contributed by atoms with van der Waals surface area (Å²) < 4.78 is 16.0. The minimum absolute atomic E-state index is 0.0490. The number of hydrogen-bond acceptors (Lipinski definition) is 5. The summed E-state index contributed by atoms with van der Waals surface area (Å²) in [5.41, 5.74) is 0.933. The minimum atomic E-state index is -0.804. The number of epoxide rings is 2. The zero-order valence-electron chi connectivity index (χ0n) is 16.2. The fourth-order valence-electron chi connectivity index (χ4n) is 3.86. The Hall–Kier alpha value is -1.66. The van der Waals surface area contributed by atoms with Gasteiger partial charge in [-0.3, -0.25) is 0 Å². The van der Waals surface area contributed by atoms with Crippen LogP contribution >= 0.6 is 0 Å². The van der Waals surface area contributed by atoms with Crippen LogP contribution in [0.2, 0.25) is 0 Å². The van der Waals surface area contributed by atoms with Gasteiger partial charge in [0.15, 0.2) is 0 Å². The molecule has 6 nitrogen and oxygen atoms in total. The molecule has 0 spiro atoms. The number of carboxylic acids is 1. The number of fused-ring (bicyclic) bond motifs is 2. The number of hydrogen-bond donors (Lipinski definition) is 1. The Morgan fingerprint density at radius 3 is 2.22 bits per heavy atom. The molecule has 6 unspecified atom stereocenters. The van der Waals surface area contributed by atoms with E-state index in [0.29, 0.717) is 41.5 Å². The molecule has 6 atom stereocenters. The van der Waals surface area contributed by atoms with Crippen molar-refractivity contribution in [1.82, 2.24) is 0 Å². The van der Waals surface area contributed by atoms with Crippen molar-refractivity contribution in [2.45, 2.75) is 89.3 Å². The van der Waals surface area contributed by atoms with Crippen molar-refractivity contribution in [2.75, 3.05) is 0 Å². The van der Waals surface area contributed by atoms with Gasteiger partial charge in [-0.2, -0.15) is 0 Å². The highest BCUT2D eigenvalue weighted by Crippen LogP contribution is 2.40. The lowest BCUT2D eigenvalue weighted by molar-refractivity contribution is -0.145. The van der Waals surface area contributed by atoms with Crippen molar-refractivity contribution in [1.29, 1.82) is 0 Å². The van der Waals surface area contributed by atoms with Gasteiger partial charge < -0.3 is 19.3 Å². The van der Waals surface area contributed by atoms with Crippen LogP contribution in [0.1, 0.15) is 58.8 Å². The summed E-state index contributed by atoms with van der Waals surface area (Å²) in [6.45, 7) is 6.87. The predicted molar refractivity (Wildman–Crippen MR) is 99.2 cm³/mol. The molecule has 6 heteroatoms. The molecule has 150 valence electrons. The van der Waals surface area contributed by atoms with E-state index in [-0.39, 0.29) is 12.1 Å². The van der Waals surface area contributed by atoms with Crippen molar-refractivity contribution < 1.29 is 28.9 Å². The largest absolute Gasteiger partial charge is 0.478 e. The van der Waals surface area contributed by atoms with Crippen molar-refractivity contribution in [3.63, 3.8) is 0 Å². The Kier molecular flexibility index (Phi) is 6.37. The first-order valence-corrected chi connectivity index (χ1v) is 9.91. The third kappa shape index (κ3) is 5.91. The normalized spacial score (nSPS) is 36.3. The molecule has 2 heterocycles. The first-order chi connectivity index (χ1) is 12.8. The van der Waals surface area contributed by atoms with E-state index < -0.39 is 5.97 Å². The van der Waals surface area contributed by atoms with Gasteiger partial charge >= 0.3 is 11.9 Å². The number of carbonyl (C=O) groups is 2. The summed E-state index contributed by atoms with van der Waals surface area (Å²) in [5, 5.41) is 8.68. The molecule has 0 bridgehead atoms. The number of carboxylic acid groups (broad SMARTS) is 1. The molecule has 2 aliphatic carbocycles. The molecule has 0 aromatic carbocycles. The van der Waals surface area contributed by atoms with Crippen LogP contribution in [0, 0.1) is 5.92 Å². The van der Waals surface area contributed by atoms with Gasteiger partial charge in [-0.25, -0.2) is 9.59 Å². The average Bonchev–Trinajstić information content (AvgIpc) is 3.53. The van der Waals surface area contributed by atoms with E-state index >= 15 is 0 Å². The summed E-state index contributed by atoms with van der Waals surface area (Å²) in [6.07, 6.45) is 10.9. The van der Waals surface area contributed by atoms with Crippen LogP contribution in [-0.2, 0) is 23.8 Å².